The highest BCUT2D eigenvalue weighted by Crippen LogP contribution is 2.50. The van der Waals surface area contributed by atoms with E-state index in [2.05, 4.69) is 163 Å². The van der Waals surface area contributed by atoms with Gasteiger partial charge in [0, 0.05) is 42.6 Å². The Labute approximate surface area is 355 Å². The second kappa shape index (κ2) is 14.8. The molecule has 3 heteroatoms. The Hall–Kier alpha value is -5.22. The van der Waals surface area contributed by atoms with E-state index in [1.54, 1.807) is 10.4 Å². The molecule has 5 unspecified atom stereocenters. The van der Waals surface area contributed by atoms with Crippen molar-refractivity contribution in [3.05, 3.63) is 183 Å². The lowest BCUT2D eigenvalue weighted by atomic mass is 9.74. The number of anilines is 1. The molecule has 0 saturated carbocycles. The molecule has 0 radical (unpaired) electrons. The zero-order valence-electron chi connectivity index (χ0n) is 33.5. The van der Waals surface area contributed by atoms with Crippen molar-refractivity contribution in [2.75, 3.05) is 4.90 Å². The summed E-state index contributed by atoms with van der Waals surface area (Å²) in [6.07, 6.45) is 35.7. The predicted molar refractivity (Wildman–Crippen MR) is 256 cm³/mol. The van der Waals surface area contributed by atoms with Crippen LogP contribution in [0.15, 0.2) is 157 Å². The molecule has 5 atom stereocenters. The fourth-order valence-electron chi connectivity index (χ4n) is 11.3. The van der Waals surface area contributed by atoms with Gasteiger partial charge < -0.3 is 4.90 Å². The first kappa shape index (κ1) is 35.7. The number of fused-ring (bicyclic) bond motifs is 9. The van der Waals surface area contributed by atoms with Crippen LogP contribution in [-0.2, 0) is 6.42 Å². The zero-order valence-corrected chi connectivity index (χ0v) is 35.2. The molecule has 5 aromatic carbocycles. The summed E-state index contributed by atoms with van der Waals surface area (Å²) in [6, 6.07) is 37.0. The second-order valence-corrected chi connectivity index (χ2v) is 19.7. The third kappa shape index (κ3) is 6.15. The lowest BCUT2D eigenvalue weighted by molar-refractivity contribution is 0.445. The van der Waals surface area contributed by atoms with Crippen LogP contribution >= 0.6 is 22.7 Å². The van der Waals surface area contributed by atoms with Gasteiger partial charge in [-0.25, -0.2) is 0 Å². The number of rotatable bonds is 6. The average Bonchev–Trinajstić information content (AvgIpc) is 3.89. The molecule has 0 amide bonds. The smallest absolute Gasteiger partial charge is 0.0598 e. The average molecular weight is 800 g/mol. The number of hydrogen-bond donors (Lipinski definition) is 0. The minimum absolute atomic E-state index is 0.220. The zero-order chi connectivity index (χ0) is 38.9. The monoisotopic (exact) mass is 799 g/mol. The Balaban J connectivity index is 0.952. The largest absolute Gasteiger partial charge is 0.333 e. The first-order chi connectivity index (χ1) is 29.2. The molecular weight excluding hydrogens is 751 g/mol. The maximum atomic E-state index is 2.73. The minimum atomic E-state index is 0.220. The molecule has 5 aliphatic carbocycles. The van der Waals surface area contributed by atoms with Crippen LogP contribution in [0.2, 0.25) is 0 Å². The molecule has 0 fully saturated rings. The van der Waals surface area contributed by atoms with Crippen LogP contribution in [0.1, 0.15) is 79.2 Å². The fraction of sp³-hybridized carbons (Fsp3) is 0.250. The van der Waals surface area contributed by atoms with Gasteiger partial charge in [0.05, 0.1) is 16.4 Å². The highest BCUT2D eigenvalue weighted by Gasteiger charge is 2.33. The molecule has 2 heterocycles. The van der Waals surface area contributed by atoms with Gasteiger partial charge >= 0.3 is 0 Å². The maximum Gasteiger partial charge on any atom is 0.0598 e. The number of benzene rings is 5. The quantitative estimate of drug-likeness (QED) is 0.151. The minimum Gasteiger partial charge on any atom is -0.333 e. The number of aryl methyl sites for hydroxylation is 1. The molecule has 0 N–H and O–H groups in total. The van der Waals surface area contributed by atoms with E-state index < -0.39 is 0 Å². The lowest BCUT2D eigenvalue weighted by Gasteiger charge is -2.38. The predicted octanol–water partition coefficient (Wildman–Crippen LogP) is 14.2. The number of nitrogens with zero attached hydrogens (tertiary/aromatic N) is 1. The van der Waals surface area contributed by atoms with Gasteiger partial charge in [-0.3, -0.25) is 0 Å². The van der Waals surface area contributed by atoms with Crippen LogP contribution < -0.4 is 15.3 Å². The Morgan fingerprint density at radius 1 is 0.610 bits per heavy atom. The SMILES string of the molecule is C1=CC(c2cccc3c2sc2c(N(C4=CC(C5CCCc6sc7ccccc7c65)CC=C4)C4C=CC(C5C=c6ccc7ccccc7c6=CC5)=CC4)cccc23)CCC1. The molecule has 0 aliphatic heterocycles. The summed E-state index contributed by atoms with van der Waals surface area (Å²) in [5, 5.41) is 9.75. The van der Waals surface area contributed by atoms with Gasteiger partial charge in [-0.1, -0.05) is 140 Å². The van der Waals surface area contributed by atoms with E-state index >= 15 is 0 Å². The highest BCUT2D eigenvalue weighted by molar-refractivity contribution is 7.26. The maximum absolute atomic E-state index is 2.73. The van der Waals surface area contributed by atoms with Crippen molar-refractivity contribution in [1.82, 2.24) is 0 Å². The summed E-state index contributed by atoms with van der Waals surface area (Å²) < 4.78 is 4.34. The molecule has 0 spiro atoms. The number of thiophene rings is 2. The van der Waals surface area contributed by atoms with Crippen LogP contribution in [0, 0.1) is 11.8 Å². The normalized spacial score (nSPS) is 23.8. The van der Waals surface area contributed by atoms with E-state index in [4.69, 9.17) is 0 Å². The van der Waals surface area contributed by atoms with Crippen LogP contribution in [0.4, 0.5) is 5.69 Å². The summed E-state index contributed by atoms with van der Waals surface area (Å²) in [5.74, 6) is 1.92. The summed E-state index contributed by atoms with van der Waals surface area (Å²) >= 11 is 4.08. The number of allylic oxidation sites excluding steroid dienone is 7. The second-order valence-electron chi connectivity index (χ2n) is 17.5. The van der Waals surface area contributed by atoms with Crippen LogP contribution in [0.25, 0.3) is 53.2 Å². The van der Waals surface area contributed by atoms with Gasteiger partial charge in [-0.05, 0) is 131 Å². The summed E-state index contributed by atoms with van der Waals surface area (Å²) in [4.78, 5) is 4.36. The van der Waals surface area contributed by atoms with Crippen molar-refractivity contribution in [3.63, 3.8) is 0 Å². The van der Waals surface area contributed by atoms with Gasteiger partial charge in [-0.15, -0.1) is 22.7 Å². The Bertz CT molecular complexity index is 3090. The van der Waals surface area contributed by atoms with E-state index in [-0.39, 0.29) is 6.04 Å². The van der Waals surface area contributed by atoms with Crippen molar-refractivity contribution in [3.8, 4) is 0 Å². The van der Waals surface area contributed by atoms with E-state index in [9.17, 15) is 0 Å². The van der Waals surface area contributed by atoms with Gasteiger partial charge in [0.25, 0.3) is 0 Å². The molecule has 12 rings (SSSR count). The molecule has 2 aromatic heterocycles. The third-order valence-electron chi connectivity index (χ3n) is 14.2. The molecule has 59 heavy (non-hydrogen) atoms. The molecule has 290 valence electrons. The summed E-state index contributed by atoms with van der Waals surface area (Å²) in [5.41, 5.74) is 7.31. The van der Waals surface area contributed by atoms with Crippen molar-refractivity contribution >= 4 is 81.5 Å². The van der Waals surface area contributed by atoms with Crippen LogP contribution in [0.5, 0.6) is 0 Å². The van der Waals surface area contributed by atoms with E-state index in [1.807, 2.05) is 22.7 Å². The standard InChI is InChI=1S/C56H49NS2/c1-2-12-37(13-3-1)47-20-9-21-48-49-22-10-23-51(56(49)59-55(47)48)57(43-16-8-15-40(35-43)46-19-11-25-53-54(46)50-18-6-7-24-52(50)58-53)42-31-28-36(29-32-42)39-30-33-45-41(34-39)27-26-38-14-4-5-17-44(38)45/h2,4-10,12,14,16-18,20-24,26-29,31,33-35,37,39-40,42,46H,1,3,11,13,15,19,25,30,32H2. The number of hydrogen-bond acceptors (Lipinski definition) is 3. The highest BCUT2D eigenvalue weighted by atomic mass is 32.1. The molecule has 0 saturated heterocycles. The Morgan fingerprint density at radius 2 is 1.47 bits per heavy atom. The molecule has 7 aromatic rings. The van der Waals surface area contributed by atoms with E-state index in [0.717, 1.165) is 19.3 Å². The van der Waals surface area contributed by atoms with Crippen molar-refractivity contribution in [2.45, 2.75) is 75.7 Å². The van der Waals surface area contributed by atoms with Crippen molar-refractivity contribution < 1.29 is 0 Å². The van der Waals surface area contributed by atoms with E-state index in [0.29, 0.717) is 23.7 Å². The lowest BCUT2D eigenvalue weighted by Crippen LogP contribution is -2.35. The van der Waals surface area contributed by atoms with Gasteiger partial charge in [0.2, 0.25) is 0 Å². The van der Waals surface area contributed by atoms with E-state index in [1.165, 1.54) is 113 Å². The molecule has 1 nitrogen and oxygen atoms in total. The van der Waals surface area contributed by atoms with Crippen LogP contribution in [-0.4, -0.2) is 6.04 Å². The fourth-order valence-corrected chi connectivity index (χ4v) is 14.0. The first-order valence-corrected chi connectivity index (χ1v) is 23.8. The molecule has 5 aliphatic rings. The van der Waals surface area contributed by atoms with Gasteiger partial charge in [0.1, 0.15) is 0 Å². The van der Waals surface area contributed by atoms with Crippen molar-refractivity contribution in [1.29, 1.82) is 0 Å². The molecular formula is C56H49NS2. The van der Waals surface area contributed by atoms with Gasteiger partial charge in [-0.2, -0.15) is 0 Å². The first-order valence-electron chi connectivity index (χ1n) is 22.1. The third-order valence-corrected chi connectivity index (χ3v) is 16.7. The summed E-state index contributed by atoms with van der Waals surface area (Å²) in [7, 11) is 0. The van der Waals surface area contributed by atoms with Gasteiger partial charge in [0.15, 0.2) is 0 Å². The Kier molecular flexibility index (Phi) is 8.96. The topological polar surface area (TPSA) is 3.24 Å². The van der Waals surface area contributed by atoms with Crippen LogP contribution in [0.3, 0.4) is 0 Å². The summed E-state index contributed by atoms with van der Waals surface area (Å²) in [6.45, 7) is 0. The van der Waals surface area contributed by atoms with Crippen molar-refractivity contribution in [2.24, 2.45) is 11.8 Å². The molecule has 0 bridgehead atoms. The Morgan fingerprint density at radius 3 is 2.37 bits per heavy atom.